The van der Waals surface area contributed by atoms with E-state index >= 15 is 0 Å². The first-order valence-corrected chi connectivity index (χ1v) is 9.09. The highest BCUT2D eigenvalue weighted by Crippen LogP contribution is 2.22. The van der Waals surface area contributed by atoms with Crippen LogP contribution in [0.15, 0.2) is 36.4 Å². The lowest BCUT2D eigenvalue weighted by molar-refractivity contribution is 0.418. The Morgan fingerprint density at radius 1 is 0.938 bits per heavy atom. The van der Waals surface area contributed by atoms with E-state index in [1.165, 1.54) is 16.0 Å². The van der Waals surface area contributed by atoms with Crippen LogP contribution in [-0.4, -0.2) is 15.2 Å². The summed E-state index contributed by atoms with van der Waals surface area (Å²) in [5, 5.41) is 3.95. The van der Waals surface area contributed by atoms with Gasteiger partial charge in [-0.2, -0.15) is 0 Å². The molecule has 0 radical (unpaired) electrons. The zero-order valence-corrected chi connectivity index (χ0v) is 11.4. The van der Waals surface area contributed by atoms with Crippen LogP contribution in [0.4, 0.5) is 0 Å². The van der Waals surface area contributed by atoms with Crippen LogP contribution in [0.3, 0.4) is 0 Å². The molecule has 0 amide bonds. The monoisotopic (exact) mass is 230 g/mol. The molecule has 0 saturated heterocycles. The summed E-state index contributed by atoms with van der Waals surface area (Å²) in [6, 6.07) is 12.9. The lowest BCUT2D eigenvalue weighted by Crippen LogP contribution is -2.38. The van der Waals surface area contributed by atoms with Gasteiger partial charge in [-0.3, -0.25) is 0 Å². The predicted molar refractivity (Wildman–Crippen MR) is 73.5 cm³/mol. The summed E-state index contributed by atoms with van der Waals surface area (Å²) in [5.74, 6) is 1.04. The zero-order valence-electron chi connectivity index (χ0n) is 10.4. The average Bonchev–Trinajstić information content (AvgIpc) is 2.26. The second kappa shape index (κ2) is 3.94. The second-order valence-corrected chi connectivity index (χ2v) is 10.2. The van der Waals surface area contributed by atoms with Crippen LogP contribution in [0, 0.1) is 0 Å². The molecule has 0 aromatic heterocycles. The molecule has 0 aliphatic rings. The van der Waals surface area contributed by atoms with Gasteiger partial charge in [0.15, 0.2) is 0 Å². The van der Waals surface area contributed by atoms with Gasteiger partial charge < -0.3 is 4.74 Å². The third-order valence-electron chi connectivity index (χ3n) is 2.88. The molecule has 0 bridgehead atoms. The van der Waals surface area contributed by atoms with Gasteiger partial charge in [0.1, 0.15) is 5.75 Å². The van der Waals surface area contributed by atoms with Crippen molar-refractivity contribution in [1.82, 2.24) is 0 Å². The Hall–Kier alpha value is -1.28. The number of methoxy groups -OCH3 is 1. The SMILES string of the molecule is COc1cc2ccccc2cc1[Si](C)(C)C. The molecule has 2 aromatic rings. The molecule has 2 heteroatoms. The van der Waals surface area contributed by atoms with Gasteiger partial charge in [-0.1, -0.05) is 50.0 Å². The normalized spacial score (nSPS) is 11.8. The Bertz CT molecular complexity index is 512. The largest absolute Gasteiger partial charge is 0.497 e. The summed E-state index contributed by atoms with van der Waals surface area (Å²) in [5.41, 5.74) is 0. The molecule has 2 rings (SSSR count). The fourth-order valence-electron chi connectivity index (χ4n) is 1.97. The fraction of sp³-hybridized carbons (Fsp3) is 0.286. The van der Waals surface area contributed by atoms with Gasteiger partial charge >= 0.3 is 0 Å². The first kappa shape index (κ1) is 11.2. The second-order valence-electron chi connectivity index (χ2n) is 5.15. The molecule has 0 fully saturated rings. The molecule has 0 heterocycles. The highest BCUT2D eigenvalue weighted by Gasteiger charge is 2.21. The molecule has 0 unspecified atom stereocenters. The quantitative estimate of drug-likeness (QED) is 0.719. The number of hydrogen-bond acceptors (Lipinski definition) is 1. The van der Waals surface area contributed by atoms with E-state index < -0.39 is 8.07 Å². The third kappa shape index (κ3) is 1.98. The highest BCUT2D eigenvalue weighted by molar-refractivity contribution is 6.89. The molecule has 2 aromatic carbocycles. The van der Waals surface area contributed by atoms with E-state index in [4.69, 9.17) is 4.74 Å². The van der Waals surface area contributed by atoms with Crippen molar-refractivity contribution in [3.63, 3.8) is 0 Å². The van der Waals surface area contributed by atoms with Gasteiger partial charge in [-0.15, -0.1) is 0 Å². The fourth-order valence-corrected chi connectivity index (χ4v) is 3.48. The number of rotatable bonds is 2. The predicted octanol–water partition coefficient (Wildman–Crippen LogP) is 3.39. The van der Waals surface area contributed by atoms with E-state index in [0.29, 0.717) is 0 Å². The minimum absolute atomic E-state index is 1.04. The number of benzene rings is 2. The van der Waals surface area contributed by atoms with Crippen molar-refractivity contribution in [2.45, 2.75) is 19.6 Å². The van der Waals surface area contributed by atoms with Gasteiger partial charge in [0.05, 0.1) is 15.2 Å². The van der Waals surface area contributed by atoms with Crippen molar-refractivity contribution in [1.29, 1.82) is 0 Å². The van der Waals surface area contributed by atoms with Crippen LogP contribution in [0.1, 0.15) is 0 Å². The molecule has 16 heavy (non-hydrogen) atoms. The summed E-state index contributed by atoms with van der Waals surface area (Å²) in [7, 11) is 0.417. The first-order valence-electron chi connectivity index (χ1n) is 5.59. The molecule has 0 saturated carbocycles. The molecule has 0 aliphatic carbocycles. The minimum atomic E-state index is -1.34. The van der Waals surface area contributed by atoms with Crippen LogP contribution >= 0.6 is 0 Å². The van der Waals surface area contributed by atoms with Crippen molar-refractivity contribution in [3.05, 3.63) is 36.4 Å². The number of ether oxygens (including phenoxy) is 1. The Balaban J connectivity index is 2.73. The summed E-state index contributed by atoms with van der Waals surface area (Å²) >= 11 is 0. The number of fused-ring (bicyclic) bond motifs is 1. The molecule has 0 N–H and O–H groups in total. The first-order chi connectivity index (χ1) is 7.52. The molecular formula is C14H18OSi. The van der Waals surface area contributed by atoms with Crippen molar-refractivity contribution < 1.29 is 4.74 Å². The van der Waals surface area contributed by atoms with Crippen LogP contribution in [-0.2, 0) is 0 Å². The standard InChI is InChI=1S/C14H18OSi/c1-15-13-9-11-7-5-6-8-12(11)10-14(13)16(2,3)4/h5-10H,1-4H3. The third-order valence-corrected chi connectivity index (χ3v) is 4.88. The smallest absolute Gasteiger partial charge is 0.118 e. The average molecular weight is 230 g/mol. The molecule has 0 aliphatic heterocycles. The Morgan fingerprint density at radius 3 is 2.00 bits per heavy atom. The molecule has 0 spiro atoms. The Labute approximate surface area is 98.1 Å². The lowest BCUT2D eigenvalue weighted by Gasteiger charge is -2.20. The maximum Gasteiger partial charge on any atom is 0.118 e. The maximum absolute atomic E-state index is 5.51. The van der Waals surface area contributed by atoms with Crippen LogP contribution in [0.2, 0.25) is 19.6 Å². The van der Waals surface area contributed by atoms with Gasteiger partial charge in [0.2, 0.25) is 0 Å². The Kier molecular flexibility index (Phi) is 2.76. The van der Waals surface area contributed by atoms with Gasteiger partial charge in [0.25, 0.3) is 0 Å². The van der Waals surface area contributed by atoms with Crippen molar-refractivity contribution >= 4 is 24.0 Å². The van der Waals surface area contributed by atoms with Crippen LogP contribution < -0.4 is 9.92 Å². The molecule has 0 atom stereocenters. The van der Waals surface area contributed by atoms with Gasteiger partial charge in [0, 0.05) is 0 Å². The number of hydrogen-bond donors (Lipinski definition) is 0. The maximum atomic E-state index is 5.51. The van der Waals surface area contributed by atoms with E-state index in [2.05, 4.69) is 56.0 Å². The summed E-state index contributed by atoms with van der Waals surface area (Å²) in [6.07, 6.45) is 0. The summed E-state index contributed by atoms with van der Waals surface area (Å²) in [6.45, 7) is 7.04. The van der Waals surface area contributed by atoms with E-state index in [9.17, 15) is 0 Å². The lowest BCUT2D eigenvalue weighted by atomic mass is 10.1. The van der Waals surface area contributed by atoms with Gasteiger partial charge in [-0.05, 0) is 22.0 Å². The highest BCUT2D eigenvalue weighted by atomic mass is 28.3. The minimum Gasteiger partial charge on any atom is -0.497 e. The topological polar surface area (TPSA) is 9.23 Å². The molecule has 1 nitrogen and oxygen atoms in total. The molecule has 84 valence electrons. The van der Waals surface area contributed by atoms with Crippen molar-refractivity contribution in [2.24, 2.45) is 0 Å². The van der Waals surface area contributed by atoms with E-state index in [1.54, 1.807) is 7.11 Å². The molecular weight excluding hydrogens is 212 g/mol. The van der Waals surface area contributed by atoms with Gasteiger partial charge in [-0.25, -0.2) is 0 Å². The van der Waals surface area contributed by atoms with Crippen molar-refractivity contribution in [3.8, 4) is 5.75 Å². The summed E-state index contributed by atoms with van der Waals surface area (Å²) < 4.78 is 5.51. The van der Waals surface area contributed by atoms with E-state index in [-0.39, 0.29) is 0 Å². The van der Waals surface area contributed by atoms with E-state index in [1.807, 2.05) is 0 Å². The van der Waals surface area contributed by atoms with Crippen molar-refractivity contribution in [2.75, 3.05) is 7.11 Å². The zero-order chi connectivity index (χ0) is 11.8. The summed E-state index contributed by atoms with van der Waals surface area (Å²) in [4.78, 5) is 0. The Morgan fingerprint density at radius 2 is 1.50 bits per heavy atom. The van der Waals surface area contributed by atoms with Crippen LogP contribution in [0.25, 0.3) is 10.8 Å². The van der Waals surface area contributed by atoms with E-state index in [0.717, 1.165) is 5.75 Å². The van der Waals surface area contributed by atoms with Crippen LogP contribution in [0.5, 0.6) is 5.75 Å².